The molecular formula is C20H12FN5O. The SMILES string of the molecule is O=c1c2c(-c3ccccc3)n3ncnc3nc2ccn1-c1cccc(F)c1. The number of nitrogens with zero attached hydrogens (tertiary/aromatic N) is 5. The number of aromatic nitrogens is 5. The number of halogens is 1. The second-order valence-corrected chi connectivity index (χ2v) is 6.03. The van der Waals surface area contributed by atoms with Crippen molar-refractivity contribution < 1.29 is 4.39 Å². The lowest BCUT2D eigenvalue weighted by Crippen LogP contribution is -2.20. The van der Waals surface area contributed by atoms with Gasteiger partial charge in [-0.05, 0) is 24.3 Å². The molecule has 0 aliphatic carbocycles. The van der Waals surface area contributed by atoms with E-state index >= 15 is 0 Å². The van der Waals surface area contributed by atoms with Gasteiger partial charge in [-0.25, -0.2) is 9.37 Å². The van der Waals surface area contributed by atoms with Gasteiger partial charge >= 0.3 is 0 Å². The highest BCUT2D eigenvalue weighted by atomic mass is 19.1. The highest BCUT2D eigenvalue weighted by molar-refractivity contribution is 5.93. The van der Waals surface area contributed by atoms with E-state index in [-0.39, 0.29) is 5.56 Å². The summed E-state index contributed by atoms with van der Waals surface area (Å²) in [6.07, 6.45) is 2.99. The van der Waals surface area contributed by atoms with E-state index in [1.807, 2.05) is 30.3 Å². The van der Waals surface area contributed by atoms with Crippen molar-refractivity contribution in [3.8, 4) is 16.9 Å². The Morgan fingerprint density at radius 2 is 1.81 bits per heavy atom. The molecule has 3 aromatic heterocycles. The maximum absolute atomic E-state index is 13.7. The van der Waals surface area contributed by atoms with Crippen LogP contribution in [0.25, 0.3) is 33.6 Å². The van der Waals surface area contributed by atoms with Gasteiger partial charge in [-0.3, -0.25) is 9.36 Å². The number of pyridine rings is 1. The first-order valence-corrected chi connectivity index (χ1v) is 8.29. The van der Waals surface area contributed by atoms with Crippen molar-refractivity contribution in [3.05, 3.63) is 89.4 Å². The van der Waals surface area contributed by atoms with E-state index in [2.05, 4.69) is 15.1 Å². The first-order chi connectivity index (χ1) is 13.2. The largest absolute Gasteiger partial charge is 0.283 e. The molecule has 7 heteroatoms. The Labute approximate surface area is 152 Å². The molecule has 27 heavy (non-hydrogen) atoms. The van der Waals surface area contributed by atoms with Gasteiger partial charge in [0.15, 0.2) is 0 Å². The lowest BCUT2D eigenvalue weighted by atomic mass is 10.1. The number of hydrogen-bond acceptors (Lipinski definition) is 4. The Hall–Kier alpha value is -3.87. The van der Waals surface area contributed by atoms with Gasteiger partial charge in [-0.1, -0.05) is 36.4 Å². The number of rotatable bonds is 2. The van der Waals surface area contributed by atoms with E-state index in [9.17, 15) is 9.18 Å². The first kappa shape index (κ1) is 15.4. The Morgan fingerprint density at radius 3 is 2.63 bits per heavy atom. The summed E-state index contributed by atoms with van der Waals surface area (Å²) in [5.74, 6) is -0.00288. The van der Waals surface area contributed by atoms with Crippen molar-refractivity contribution >= 4 is 16.7 Å². The van der Waals surface area contributed by atoms with Crippen LogP contribution in [0.3, 0.4) is 0 Å². The molecule has 5 rings (SSSR count). The summed E-state index contributed by atoms with van der Waals surface area (Å²) >= 11 is 0. The number of fused-ring (bicyclic) bond motifs is 2. The molecule has 0 aliphatic heterocycles. The van der Waals surface area contributed by atoms with Crippen LogP contribution >= 0.6 is 0 Å². The second kappa shape index (κ2) is 5.84. The molecule has 2 aromatic carbocycles. The van der Waals surface area contributed by atoms with Gasteiger partial charge in [-0.2, -0.15) is 14.6 Å². The van der Waals surface area contributed by atoms with E-state index < -0.39 is 5.82 Å². The van der Waals surface area contributed by atoms with Gasteiger partial charge in [0, 0.05) is 11.8 Å². The third-order valence-electron chi connectivity index (χ3n) is 4.40. The summed E-state index contributed by atoms with van der Waals surface area (Å²) in [6.45, 7) is 0. The molecule has 0 radical (unpaired) electrons. The van der Waals surface area contributed by atoms with Gasteiger partial charge in [0.1, 0.15) is 12.1 Å². The molecular weight excluding hydrogens is 345 g/mol. The summed E-state index contributed by atoms with van der Waals surface area (Å²) in [7, 11) is 0. The van der Waals surface area contributed by atoms with Crippen molar-refractivity contribution in [1.29, 1.82) is 0 Å². The van der Waals surface area contributed by atoms with Crippen LogP contribution in [0.15, 0.2) is 78.0 Å². The van der Waals surface area contributed by atoms with Crippen LogP contribution in [-0.4, -0.2) is 24.1 Å². The maximum Gasteiger partial charge on any atom is 0.266 e. The first-order valence-electron chi connectivity index (χ1n) is 8.29. The quantitative estimate of drug-likeness (QED) is 0.487. The minimum absolute atomic E-state index is 0.304. The van der Waals surface area contributed by atoms with Gasteiger partial charge in [0.2, 0.25) is 0 Å². The third kappa shape index (κ3) is 2.40. The van der Waals surface area contributed by atoms with E-state index in [4.69, 9.17) is 0 Å². The van der Waals surface area contributed by atoms with Crippen molar-refractivity contribution in [1.82, 2.24) is 24.1 Å². The molecule has 0 atom stereocenters. The number of benzene rings is 2. The highest BCUT2D eigenvalue weighted by Gasteiger charge is 2.17. The predicted octanol–water partition coefficient (Wildman–Crippen LogP) is 3.23. The average molecular weight is 357 g/mol. The molecule has 0 saturated heterocycles. The standard InChI is InChI=1S/C20H12FN5O/c21-14-7-4-8-15(11-14)25-10-9-16-17(19(25)27)18(13-5-2-1-3-6-13)26-20(24-16)22-12-23-26/h1-12H. The second-order valence-electron chi connectivity index (χ2n) is 6.03. The van der Waals surface area contributed by atoms with Gasteiger partial charge in [-0.15, -0.1) is 0 Å². The molecule has 5 aromatic rings. The molecule has 0 saturated carbocycles. The molecule has 0 unspecified atom stereocenters. The normalized spacial score (nSPS) is 11.3. The smallest absolute Gasteiger partial charge is 0.266 e. The number of hydrogen-bond donors (Lipinski definition) is 0. The van der Waals surface area contributed by atoms with E-state index in [0.29, 0.717) is 28.1 Å². The summed E-state index contributed by atoms with van der Waals surface area (Å²) in [4.78, 5) is 21.9. The average Bonchev–Trinajstić information content (AvgIpc) is 3.15. The fourth-order valence-electron chi connectivity index (χ4n) is 3.22. The highest BCUT2D eigenvalue weighted by Crippen LogP contribution is 2.26. The minimum atomic E-state index is -0.410. The molecule has 0 N–H and O–H groups in total. The Bertz CT molecular complexity index is 1360. The van der Waals surface area contributed by atoms with Crippen LogP contribution in [-0.2, 0) is 0 Å². The molecule has 0 aliphatic rings. The van der Waals surface area contributed by atoms with Crippen LogP contribution in [0.4, 0.5) is 4.39 Å². The van der Waals surface area contributed by atoms with Crippen LogP contribution in [0.1, 0.15) is 0 Å². The molecule has 0 fully saturated rings. The molecule has 0 amide bonds. The van der Waals surface area contributed by atoms with Gasteiger partial charge in [0.25, 0.3) is 11.3 Å². The minimum Gasteiger partial charge on any atom is -0.283 e. The lowest BCUT2D eigenvalue weighted by Gasteiger charge is -2.11. The van der Waals surface area contributed by atoms with Gasteiger partial charge < -0.3 is 0 Å². The zero-order chi connectivity index (χ0) is 18.4. The van der Waals surface area contributed by atoms with Crippen LogP contribution in [0, 0.1) is 5.82 Å². The molecule has 0 bridgehead atoms. The van der Waals surface area contributed by atoms with Crippen molar-refractivity contribution in [2.24, 2.45) is 0 Å². The summed E-state index contributed by atoms with van der Waals surface area (Å²) < 4.78 is 16.6. The summed E-state index contributed by atoms with van der Waals surface area (Å²) in [6, 6.07) is 17.1. The summed E-state index contributed by atoms with van der Waals surface area (Å²) in [5.41, 5.74) is 2.06. The fraction of sp³-hybridized carbons (Fsp3) is 0. The Balaban J connectivity index is 1.93. The third-order valence-corrected chi connectivity index (χ3v) is 4.40. The van der Waals surface area contributed by atoms with Crippen molar-refractivity contribution in [2.45, 2.75) is 0 Å². The van der Waals surface area contributed by atoms with E-state index in [1.54, 1.807) is 28.9 Å². The molecule has 6 nitrogen and oxygen atoms in total. The molecule has 130 valence electrons. The Kier molecular flexibility index (Phi) is 3.33. The van der Waals surface area contributed by atoms with Crippen LogP contribution in [0.5, 0.6) is 0 Å². The summed E-state index contributed by atoms with van der Waals surface area (Å²) in [5, 5.41) is 4.63. The van der Waals surface area contributed by atoms with E-state index in [1.165, 1.54) is 23.0 Å². The van der Waals surface area contributed by atoms with Crippen molar-refractivity contribution in [3.63, 3.8) is 0 Å². The zero-order valence-corrected chi connectivity index (χ0v) is 14.0. The predicted molar refractivity (Wildman–Crippen MR) is 99.3 cm³/mol. The lowest BCUT2D eigenvalue weighted by molar-refractivity contribution is 0.626. The topological polar surface area (TPSA) is 65.1 Å². The van der Waals surface area contributed by atoms with Crippen LogP contribution in [0.2, 0.25) is 0 Å². The zero-order valence-electron chi connectivity index (χ0n) is 14.0. The monoisotopic (exact) mass is 357 g/mol. The fourth-order valence-corrected chi connectivity index (χ4v) is 3.22. The van der Waals surface area contributed by atoms with Gasteiger partial charge in [0.05, 0.1) is 22.3 Å². The molecule has 0 spiro atoms. The maximum atomic E-state index is 13.7. The molecule has 3 heterocycles. The van der Waals surface area contributed by atoms with Crippen LogP contribution < -0.4 is 5.56 Å². The van der Waals surface area contributed by atoms with Crippen molar-refractivity contribution in [2.75, 3.05) is 0 Å². The Morgan fingerprint density at radius 1 is 0.963 bits per heavy atom. The van der Waals surface area contributed by atoms with E-state index in [0.717, 1.165) is 5.56 Å².